The van der Waals surface area contributed by atoms with Crippen molar-refractivity contribution in [2.75, 3.05) is 31.1 Å². The lowest BCUT2D eigenvalue weighted by Crippen LogP contribution is -2.47. The molecule has 2 aliphatic heterocycles. The third-order valence-electron chi connectivity index (χ3n) is 7.35. The van der Waals surface area contributed by atoms with Crippen molar-refractivity contribution in [2.24, 2.45) is 0 Å². The van der Waals surface area contributed by atoms with Crippen LogP contribution in [0.2, 0.25) is 5.02 Å². The predicted molar refractivity (Wildman–Crippen MR) is 145 cm³/mol. The zero-order valence-electron chi connectivity index (χ0n) is 21.4. The van der Waals surface area contributed by atoms with Crippen LogP contribution in [0.1, 0.15) is 29.5 Å². The van der Waals surface area contributed by atoms with Gasteiger partial charge in [-0.3, -0.25) is 9.80 Å². The number of halogens is 5. The minimum atomic E-state index is -4.87. The van der Waals surface area contributed by atoms with E-state index >= 15 is 0 Å². The Hall–Kier alpha value is -3.63. The number of alkyl halides is 3. The minimum absolute atomic E-state index is 0.0452. The topological polar surface area (TPSA) is 57.7 Å². The lowest BCUT2D eigenvalue weighted by Gasteiger charge is -2.40. The van der Waals surface area contributed by atoms with E-state index in [1.165, 1.54) is 29.3 Å². The third-order valence-corrected chi connectivity index (χ3v) is 7.60. The van der Waals surface area contributed by atoms with Gasteiger partial charge in [-0.05, 0) is 73.5 Å². The Morgan fingerprint density at radius 3 is 2.58 bits per heavy atom. The Morgan fingerprint density at radius 2 is 1.88 bits per heavy atom. The van der Waals surface area contributed by atoms with Crippen LogP contribution in [0.5, 0.6) is 5.75 Å². The fraction of sp³-hybridized carbons (Fsp3) is 0.310. The van der Waals surface area contributed by atoms with Crippen molar-refractivity contribution in [3.8, 4) is 5.75 Å². The number of rotatable bonds is 6. The lowest BCUT2D eigenvalue weighted by atomic mass is 9.74. The van der Waals surface area contributed by atoms with Crippen LogP contribution in [0, 0.1) is 5.95 Å². The maximum atomic E-state index is 13.5. The van der Waals surface area contributed by atoms with E-state index in [9.17, 15) is 22.4 Å². The van der Waals surface area contributed by atoms with Crippen LogP contribution < -0.4 is 15.0 Å². The van der Waals surface area contributed by atoms with Crippen LogP contribution in [0.25, 0.3) is 6.08 Å². The van der Waals surface area contributed by atoms with Crippen LogP contribution >= 0.6 is 11.6 Å². The third kappa shape index (κ3) is 6.39. The van der Waals surface area contributed by atoms with Gasteiger partial charge in [0.05, 0.1) is 5.69 Å². The van der Waals surface area contributed by atoms with Crippen LogP contribution in [0.3, 0.4) is 0 Å². The van der Waals surface area contributed by atoms with Crippen molar-refractivity contribution in [1.82, 2.24) is 15.2 Å². The molecule has 0 aliphatic carbocycles. The summed E-state index contributed by atoms with van der Waals surface area (Å²) in [5.41, 5.74) is 1.62. The zero-order valence-corrected chi connectivity index (χ0v) is 22.2. The second-order valence-electron chi connectivity index (χ2n) is 9.96. The monoisotopic (exact) mass is 574 g/mol. The molecule has 1 N–H and O–H groups in total. The number of anilines is 1. The highest BCUT2D eigenvalue weighted by atomic mass is 35.5. The number of piperidine rings is 1. The van der Waals surface area contributed by atoms with E-state index < -0.39 is 23.8 Å². The van der Waals surface area contributed by atoms with Crippen LogP contribution in [0.4, 0.5) is 28.0 Å². The molecular formula is C29H27ClF4N4O2. The van der Waals surface area contributed by atoms with E-state index in [4.69, 9.17) is 11.6 Å². The molecule has 1 spiro atoms. The Labute approximate surface area is 234 Å². The Balaban J connectivity index is 1.33. The lowest BCUT2D eigenvalue weighted by molar-refractivity contribution is -0.275. The van der Waals surface area contributed by atoms with Gasteiger partial charge in [0, 0.05) is 41.8 Å². The Morgan fingerprint density at radius 1 is 1.12 bits per heavy atom. The van der Waals surface area contributed by atoms with E-state index in [1.807, 2.05) is 36.4 Å². The second-order valence-corrected chi connectivity index (χ2v) is 10.4. The molecule has 2 amide bonds. The molecule has 1 saturated heterocycles. The molecule has 3 heterocycles. The summed E-state index contributed by atoms with van der Waals surface area (Å²) in [5, 5.41) is 3.42. The molecule has 1 aromatic heterocycles. The standard InChI is InChI=1S/C29H27ClF4N4O2/c30-22-8-6-20(7-9-22)3-2-14-37-15-11-28(12-16-37)19-38(27(39)36-18-21-10-13-35-25(31)17-21)23-4-1-5-24(26(23)28)40-29(32,33)34/h1-10,13,17H,11-12,14-16,18-19H2,(H,36,39)/b3-2+. The number of aromatic nitrogens is 1. The average Bonchev–Trinajstić information content (AvgIpc) is 3.24. The first-order chi connectivity index (χ1) is 19.1. The van der Waals surface area contributed by atoms with E-state index in [0.29, 0.717) is 54.3 Å². The molecule has 40 heavy (non-hydrogen) atoms. The van der Waals surface area contributed by atoms with Crippen LogP contribution in [-0.4, -0.2) is 48.5 Å². The number of carbonyl (C=O) groups is 1. The van der Waals surface area contributed by atoms with E-state index in [1.54, 1.807) is 12.1 Å². The van der Waals surface area contributed by atoms with Gasteiger partial charge in [-0.25, -0.2) is 9.78 Å². The van der Waals surface area contributed by atoms with E-state index in [2.05, 4.69) is 19.9 Å². The van der Waals surface area contributed by atoms with Crippen molar-refractivity contribution >= 4 is 29.4 Å². The number of carbonyl (C=O) groups excluding carboxylic acids is 1. The molecule has 0 saturated carbocycles. The summed E-state index contributed by atoms with van der Waals surface area (Å²) in [4.78, 5) is 20.5. The van der Waals surface area contributed by atoms with Crippen LogP contribution in [0.15, 0.2) is 66.9 Å². The number of ether oxygens (including phenoxy) is 1. The van der Waals surface area contributed by atoms with Gasteiger partial charge in [0.2, 0.25) is 5.95 Å². The molecule has 3 aromatic rings. The highest BCUT2D eigenvalue weighted by Gasteiger charge is 2.49. The maximum Gasteiger partial charge on any atom is 0.573 e. The summed E-state index contributed by atoms with van der Waals surface area (Å²) < 4.78 is 58.0. The smallest absolute Gasteiger partial charge is 0.405 e. The molecular weight excluding hydrogens is 548 g/mol. The number of pyridine rings is 1. The molecule has 2 aromatic carbocycles. The number of urea groups is 1. The number of fused-ring (bicyclic) bond motifs is 2. The molecule has 210 valence electrons. The summed E-state index contributed by atoms with van der Waals surface area (Å²) in [6, 6.07) is 14.2. The normalized spacial score (nSPS) is 16.9. The van der Waals surface area contributed by atoms with Crippen molar-refractivity contribution in [1.29, 1.82) is 0 Å². The van der Waals surface area contributed by atoms with Gasteiger partial charge in [-0.15, -0.1) is 13.2 Å². The first-order valence-corrected chi connectivity index (χ1v) is 13.2. The Kier molecular flexibility index (Phi) is 8.00. The van der Waals surface area contributed by atoms with Crippen LogP contribution in [-0.2, 0) is 12.0 Å². The summed E-state index contributed by atoms with van der Waals surface area (Å²) in [6.45, 7) is 2.21. The van der Waals surface area contributed by atoms with Crippen molar-refractivity contribution in [3.05, 3.63) is 94.5 Å². The number of amides is 2. The summed E-state index contributed by atoms with van der Waals surface area (Å²) in [6.07, 6.45) is 1.57. The number of nitrogens with one attached hydrogen (secondary N) is 1. The quantitative estimate of drug-likeness (QED) is 0.268. The number of hydrogen-bond donors (Lipinski definition) is 1. The van der Waals surface area contributed by atoms with Crippen molar-refractivity contribution in [3.63, 3.8) is 0 Å². The molecule has 1 fully saturated rings. The van der Waals surface area contributed by atoms with E-state index in [0.717, 1.165) is 5.56 Å². The Bertz CT molecular complexity index is 1390. The predicted octanol–water partition coefficient (Wildman–Crippen LogP) is 6.55. The fourth-order valence-corrected chi connectivity index (χ4v) is 5.57. The second kappa shape index (κ2) is 11.5. The van der Waals surface area contributed by atoms with Gasteiger partial charge < -0.3 is 10.1 Å². The molecule has 6 nitrogen and oxygen atoms in total. The average molecular weight is 575 g/mol. The molecule has 11 heteroatoms. The molecule has 0 radical (unpaired) electrons. The minimum Gasteiger partial charge on any atom is -0.405 e. The largest absolute Gasteiger partial charge is 0.573 e. The zero-order chi connectivity index (χ0) is 28.3. The highest BCUT2D eigenvalue weighted by Crippen LogP contribution is 2.52. The number of nitrogens with zero attached hydrogens (tertiary/aromatic N) is 3. The summed E-state index contributed by atoms with van der Waals surface area (Å²) in [5.74, 6) is -0.950. The molecule has 2 aliphatic rings. The molecule has 5 rings (SSSR count). The summed E-state index contributed by atoms with van der Waals surface area (Å²) >= 11 is 5.94. The fourth-order valence-electron chi connectivity index (χ4n) is 5.44. The van der Waals surface area contributed by atoms with Gasteiger partial charge in [0.15, 0.2) is 0 Å². The maximum absolute atomic E-state index is 13.5. The van der Waals surface area contributed by atoms with Crippen molar-refractivity contribution in [2.45, 2.75) is 31.2 Å². The first kappa shape index (κ1) is 27.9. The molecule has 0 bridgehead atoms. The van der Waals surface area contributed by atoms with Gasteiger partial charge in [-0.2, -0.15) is 4.39 Å². The van der Waals surface area contributed by atoms with Gasteiger partial charge in [0.1, 0.15) is 5.75 Å². The van der Waals surface area contributed by atoms with Gasteiger partial charge in [-0.1, -0.05) is 42.0 Å². The van der Waals surface area contributed by atoms with Gasteiger partial charge in [0.25, 0.3) is 0 Å². The molecule has 0 atom stereocenters. The SMILES string of the molecule is O=C(NCc1ccnc(F)c1)N1CC2(CCN(C/C=C/c3ccc(Cl)cc3)CC2)c2c(OC(F)(F)F)cccc21. The number of hydrogen-bond acceptors (Lipinski definition) is 4. The first-order valence-electron chi connectivity index (χ1n) is 12.8. The number of likely N-dealkylation sites (tertiary alicyclic amines) is 1. The van der Waals surface area contributed by atoms with Crippen molar-refractivity contribution < 1.29 is 27.1 Å². The number of benzene rings is 2. The van der Waals surface area contributed by atoms with Gasteiger partial charge >= 0.3 is 12.4 Å². The summed E-state index contributed by atoms with van der Waals surface area (Å²) in [7, 11) is 0. The molecule has 0 unspecified atom stereocenters. The van der Waals surface area contributed by atoms with E-state index in [-0.39, 0.29) is 18.8 Å². The highest BCUT2D eigenvalue weighted by molar-refractivity contribution is 6.30.